The van der Waals surface area contributed by atoms with E-state index < -0.39 is 0 Å². The Bertz CT molecular complexity index is 1450. The summed E-state index contributed by atoms with van der Waals surface area (Å²) in [6, 6.07) is 41.8. The molecule has 3 atom stereocenters. The third kappa shape index (κ3) is 3.32. The van der Waals surface area contributed by atoms with E-state index in [2.05, 4.69) is 130 Å². The number of rotatable bonds is 4. The van der Waals surface area contributed by atoms with Gasteiger partial charge in [-0.1, -0.05) is 103 Å². The van der Waals surface area contributed by atoms with Crippen molar-refractivity contribution in [2.45, 2.75) is 12.3 Å². The van der Waals surface area contributed by atoms with Crippen LogP contribution in [0.3, 0.4) is 0 Å². The van der Waals surface area contributed by atoms with Crippen molar-refractivity contribution in [3.8, 4) is 0 Å². The number of hydrogen-bond acceptors (Lipinski definition) is 5. The molecule has 0 amide bonds. The van der Waals surface area contributed by atoms with Crippen molar-refractivity contribution in [2.24, 2.45) is 16.1 Å². The monoisotopic (exact) mass is 467 g/mol. The molecule has 0 spiro atoms. The Balaban J connectivity index is 1.40. The van der Waals surface area contributed by atoms with E-state index in [0.29, 0.717) is 0 Å². The van der Waals surface area contributed by atoms with E-state index in [-0.39, 0.29) is 18.2 Å². The lowest BCUT2D eigenvalue weighted by Crippen LogP contribution is -2.57. The summed E-state index contributed by atoms with van der Waals surface area (Å²) in [5.41, 5.74) is 5.44. The van der Waals surface area contributed by atoms with Gasteiger partial charge in [-0.05, 0) is 35.9 Å². The van der Waals surface area contributed by atoms with E-state index >= 15 is 0 Å². The molecule has 0 N–H and O–H groups in total. The Hall–Kier alpha value is -4.64. The average Bonchev–Trinajstić information content (AvgIpc) is 3.54. The first-order chi connectivity index (χ1) is 17.9. The first-order valence-corrected chi connectivity index (χ1v) is 12.3. The van der Waals surface area contributed by atoms with E-state index in [0.717, 1.165) is 34.0 Å². The Morgan fingerprint density at radius 2 is 1.03 bits per heavy atom. The van der Waals surface area contributed by atoms with Crippen LogP contribution in [0.5, 0.6) is 0 Å². The molecule has 3 unspecified atom stereocenters. The molecule has 3 aliphatic heterocycles. The topological polar surface area (TPSA) is 34.4 Å². The summed E-state index contributed by atoms with van der Waals surface area (Å²) in [5.74, 6) is 1.04. The van der Waals surface area contributed by atoms with Crippen LogP contribution >= 0.6 is 0 Å². The molecular weight excluding hydrogens is 442 g/mol. The second-order valence-electron chi connectivity index (χ2n) is 9.15. The molecule has 36 heavy (non-hydrogen) atoms. The number of hydrogen-bond donors (Lipinski definition) is 0. The Labute approximate surface area is 210 Å². The molecule has 0 saturated carbocycles. The Morgan fingerprint density at radius 1 is 0.500 bits per heavy atom. The molecule has 3 heterocycles. The van der Waals surface area contributed by atoms with Crippen LogP contribution < -0.4 is 10.0 Å². The molecule has 0 fully saturated rings. The largest absolute Gasteiger partial charge is 0.306 e. The predicted molar refractivity (Wildman–Crippen MR) is 146 cm³/mol. The minimum absolute atomic E-state index is 0.0507. The lowest BCUT2D eigenvalue weighted by Gasteiger charge is -2.42. The molecule has 0 saturated heterocycles. The van der Waals surface area contributed by atoms with Crippen molar-refractivity contribution in [1.29, 1.82) is 0 Å². The van der Waals surface area contributed by atoms with Gasteiger partial charge in [0.1, 0.15) is 12.3 Å². The molecule has 0 bridgehead atoms. The SMILES string of the molecule is C1=CC2N(c3ccccc3)N=C(c3ccccc3)N2C2C1C(c1ccccc1)=NN2c1ccccc1. The van der Waals surface area contributed by atoms with Crippen LogP contribution in [0.1, 0.15) is 11.1 Å². The first-order valence-electron chi connectivity index (χ1n) is 12.3. The zero-order valence-electron chi connectivity index (χ0n) is 19.7. The predicted octanol–water partition coefficient (Wildman–Crippen LogP) is 5.93. The van der Waals surface area contributed by atoms with Crippen LogP contribution in [0.4, 0.5) is 11.4 Å². The van der Waals surface area contributed by atoms with E-state index in [1.165, 1.54) is 0 Å². The highest BCUT2D eigenvalue weighted by Gasteiger charge is 2.50. The number of amidine groups is 1. The van der Waals surface area contributed by atoms with E-state index in [4.69, 9.17) is 10.2 Å². The van der Waals surface area contributed by atoms with Crippen molar-refractivity contribution in [3.63, 3.8) is 0 Å². The highest BCUT2D eigenvalue weighted by Crippen LogP contribution is 2.41. The average molecular weight is 468 g/mol. The van der Waals surface area contributed by atoms with Gasteiger partial charge in [-0.15, -0.1) is 0 Å². The normalized spacial score (nSPS) is 22.2. The lowest BCUT2D eigenvalue weighted by molar-refractivity contribution is 0.250. The highest BCUT2D eigenvalue weighted by molar-refractivity contribution is 6.08. The standard InChI is InChI=1S/C31H25N5/c1-5-13-23(14-6-1)29-27-21-22-28-34(31(27)36(32-29)26-19-11-4-12-20-26)30(24-15-7-2-8-16-24)33-35(28)25-17-9-3-10-18-25/h1-22,27-28,31H. The molecule has 174 valence electrons. The van der Waals surface area contributed by atoms with Crippen molar-refractivity contribution in [2.75, 3.05) is 10.0 Å². The van der Waals surface area contributed by atoms with Gasteiger partial charge in [-0.2, -0.15) is 10.2 Å². The number of benzene rings is 4. The quantitative estimate of drug-likeness (QED) is 0.349. The van der Waals surface area contributed by atoms with Gasteiger partial charge in [0.05, 0.1) is 23.0 Å². The summed E-state index contributed by atoms with van der Waals surface area (Å²) in [6.07, 6.45) is 4.49. The van der Waals surface area contributed by atoms with Gasteiger partial charge in [0.2, 0.25) is 0 Å². The third-order valence-corrected chi connectivity index (χ3v) is 7.00. The van der Waals surface area contributed by atoms with Crippen LogP contribution in [0.25, 0.3) is 0 Å². The summed E-state index contributed by atoms with van der Waals surface area (Å²) < 4.78 is 0. The smallest absolute Gasteiger partial charge is 0.160 e. The van der Waals surface area contributed by atoms with Gasteiger partial charge in [0.15, 0.2) is 5.84 Å². The second-order valence-corrected chi connectivity index (χ2v) is 9.15. The van der Waals surface area contributed by atoms with Crippen LogP contribution in [0, 0.1) is 5.92 Å². The van der Waals surface area contributed by atoms with Crippen LogP contribution in [-0.2, 0) is 0 Å². The fourth-order valence-corrected chi connectivity index (χ4v) is 5.38. The molecule has 5 nitrogen and oxygen atoms in total. The molecular formula is C31H25N5. The van der Waals surface area contributed by atoms with Crippen molar-refractivity contribution >= 4 is 22.9 Å². The van der Waals surface area contributed by atoms with Gasteiger partial charge >= 0.3 is 0 Å². The highest BCUT2D eigenvalue weighted by atomic mass is 15.7. The van der Waals surface area contributed by atoms with Crippen molar-refractivity contribution < 1.29 is 0 Å². The molecule has 7 rings (SSSR count). The second kappa shape index (κ2) is 8.54. The van der Waals surface area contributed by atoms with E-state index in [1.807, 2.05) is 18.2 Å². The number of hydrazone groups is 2. The van der Waals surface area contributed by atoms with Gasteiger partial charge in [0, 0.05) is 5.56 Å². The molecule has 4 aromatic rings. The Morgan fingerprint density at radius 3 is 1.64 bits per heavy atom. The summed E-state index contributed by atoms with van der Waals surface area (Å²) in [5, 5.41) is 14.8. The summed E-state index contributed by atoms with van der Waals surface area (Å²) in [4.78, 5) is 2.43. The summed E-state index contributed by atoms with van der Waals surface area (Å²) >= 11 is 0. The van der Waals surface area contributed by atoms with Crippen molar-refractivity contribution in [1.82, 2.24) is 4.90 Å². The summed E-state index contributed by atoms with van der Waals surface area (Å²) in [7, 11) is 0. The minimum atomic E-state index is -0.0552. The maximum Gasteiger partial charge on any atom is 0.160 e. The zero-order valence-corrected chi connectivity index (χ0v) is 19.7. The van der Waals surface area contributed by atoms with Gasteiger partial charge in [0.25, 0.3) is 0 Å². The minimum Gasteiger partial charge on any atom is -0.306 e. The Kier molecular flexibility index (Phi) is 4.91. The number of fused-ring (bicyclic) bond motifs is 3. The summed E-state index contributed by atoms with van der Waals surface area (Å²) in [6.45, 7) is 0. The number of nitrogens with zero attached hydrogens (tertiary/aromatic N) is 5. The molecule has 4 aromatic carbocycles. The van der Waals surface area contributed by atoms with Crippen LogP contribution in [0.2, 0.25) is 0 Å². The maximum atomic E-state index is 5.24. The van der Waals surface area contributed by atoms with Gasteiger partial charge in [-0.25, -0.2) is 10.0 Å². The lowest BCUT2D eigenvalue weighted by atomic mass is 9.90. The third-order valence-electron chi connectivity index (χ3n) is 7.00. The molecule has 3 aliphatic rings. The molecule has 0 aliphatic carbocycles. The molecule has 0 radical (unpaired) electrons. The maximum absolute atomic E-state index is 5.24. The molecule has 5 heteroatoms. The van der Waals surface area contributed by atoms with E-state index in [9.17, 15) is 0 Å². The van der Waals surface area contributed by atoms with Gasteiger partial charge in [-0.3, -0.25) is 0 Å². The van der Waals surface area contributed by atoms with E-state index in [1.54, 1.807) is 0 Å². The van der Waals surface area contributed by atoms with Crippen LogP contribution in [-0.4, -0.2) is 28.8 Å². The number of anilines is 2. The number of para-hydroxylation sites is 2. The van der Waals surface area contributed by atoms with Gasteiger partial charge < -0.3 is 4.90 Å². The van der Waals surface area contributed by atoms with Crippen LogP contribution in [0.15, 0.2) is 144 Å². The zero-order chi connectivity index (χ0) is 23.9. The first kappa shape index (κ1) is 20.7. The van der Waals surface area contributed by atoms with Crippen molar-refractivity contribution in [3.05, 3.63) is 145 Å². The fraction of sp³-hybridized carbons (Fsp3) is 0.0968. The fourth-order valence-electron chi connectivity index (χ4n) is 5.38. The molecule has 0 aromatic heterocycles.